The number of benzene rings is 8. The molecule has 0 bridgehead atoms. The van der Waals surface area contributed by atoms with Crippen molar-refractivity contribution >= 4 is 55.2 Å². The molecule has 0 radical (unpaired) electrons. The first kappa shape index (κ1) is 29.2. The van der Waals surface area contributed by atoms with E-state index in [9.17, 15) is 0 Å². The number of fused-ring (bicyclic) bond motifs is 5. The van der Waals surface area contributed by atoms with Gasteiger partial charge in [-0.25, -0.2) is 9.98 Å². The third-order valence-electron chi connectivity index (χ3n) is 9.93. The van der Waals surface area contributed by atoms with Crippen molar-refractivity contribution in [2.45, 2.75) is 6.17 Å². The molecule has 0 fully saturated rings. The Morgan fingerprint density at radius 2 is 1.08 bits per heavy atom. The lowest BCUT2D eigenvalue weighted by Crippen LogP contribution is -2.36. The number of amidine groups is 2. The molecular weight excluding hydrogens is 623 g/mol. The fraction of sp³-hybridized carbons (Fsp3) is 0.0213. The van der Waals surface area contributed by atoms with E-state index in [4.69, 9.17) is 14.4 Å². The van der Waals surface area contributed by atoms with E-state index in [1.54, 1.807) is 0 Å². The molecule has 4 nitrogen and oxygen atoms in total. The first-order chi connectivity index (χ1) is 25.3. The second-order valence-corrected chi connectivity index (χ2v) is 13.0. The third-order valence-corrected chi connectivity index (χ3v) is 9.93. The molecule has 0 amide bonds. The summed E-state index contributed by atoms with van der Waals surface area (Å²) in [6.45, 7) is 0. The van der Waals surface area contributed by atoms with Gasteiger partial charge in [0.1, 0.15) is 22.8 Å². The second-order valence-electron chi connectivity index (χ2n) is 13.0. The van der Waals surface area contributed by atoms with Crippen LogP contribution in [0.5, 0.6) is 0 Å². The highest BCUT2D eigenvalue weighted by Gasteiger charge is 2.24. The molecule has 2 heterocycles. The number of aliphatic imine (C=N–C) groups is 2. The van der Waals surface area contributed by atoms with Crippen molar-refractivity contribution in [3.63, 3.8) is 0 Å². The van der Waals surface area contributed by atoms with Crippen LogP contribution in [-0.2, 0) is 0 Å². The van der Waals surface area contributed by atoms with E-state index in [-0.39, 0.29) is 0 Å². The molecule has 9 aromatic rings. The Morgan fingerprint density at radius 3 is 1.96 bits per heavy atom. The van der Waals surface area contributed by atoms with Crippen LogP contribution in [0.3, 0.4) is 0 Å². The molecule has 10 rings (SSSR count). The lowest BCUT2D eigenvalue weighted by atomic mass is 9.97. The van der Waals surface area contributed by atoms with Crippen LogP contribution in [0.2, 0.25) is 0 Å². The summed E-state index contributed by atoms with van der Waals surface area (Å²) in [6, 6.07) is 61.6. The van der Waals surface area contributed by atoms with Gasteiger partial charge in [0, 0.05) is 27.5 Å². The van der Waals surface area contributed by atoms with Gasteiger partial charge in [-0.1, -0.05) is 164 Å². The minimum Gasteiger partial charge on any atom is -0.455 e. The van der Waals surface area contributed by atoms with Crippen molar-refractivity contribution in [3.05, 3.63) is 193 Å². The third kappa shape index (κ3) is 5.08. The largest absolute Gasteiger partial charge is 0.455 e. The van der Waals surface area contributed by atoms with Crippen molar-refractivity contribution in [3.8, 4) is 22.3 Å². The number of hydrogen-bond donors (Lipinski definition) is 1. The lowest BCUT2D eigenvalue weighted by molar-refractivity contribution is 0.670. The topological polar surface area (TPSA) is 49.9 Å². The predicted octanol–water partition coefficient (Wildman–Crippen LogP) is 11.7. The molecule has 8 aromatic carbocycles. The van der Waals surface area contributed by atoms with Gasteiger partial charge in [0.15, 0.2) is 6.17 Å². The summed E-state index contributed by atoms with van der Waals surface area (Å²) in [4.78, 5) is 10.4. The van der Waals surface area contributed by atoms with Crippen molar-refractivity contribution in [2.75, 3.05) is 0 Å². The molecule has 1 aliphatic heterocycles. The zero-order chi connectivity index (χ0) is 33.7. The van der Waals surface area contributed by atoms with Gasteiger partial charge < -0.3 is 9.73 Å². The molecule has 0 saturated carbocycles. The Kier molecular flexibility index (Phi) is 6.85. The van der Waals surface area contributed by atoms with Crippen molar-refractivity contribution in [1.29, 1.82) is 0 Å². The molecule has 4 heteroatoms. The van der Waals surface area contributed by atoms with E-state index in [2.05, 4.69) is 151 Å². The summed E-state index contributed by atoms with van der Waals surface area (Å²) in [5, 5.41) is 10.6. The molecule has 0 saturated heterocycles. The Balaban J connectivity index is 1.09. The monoisotopic (exact) mass is 653 g/mol. The van der Waals surface area contributed by atoms with Gasteiger partial charge in [-0.3, -0.25) is 0 Å². The number of para-hydroxylation sites is 1. The number of furan rings is 1. The summed E-state index contributed by atoms with van der Waals surface area (Å²) in [6.07, 6.45) is -0.431. The predicted molar refractivity (Wildman–Crippen MR) is 211 cm³/mol. The standard InChI is InChI=1S/C47H31N3O/c1-2-13-33(14-3-1)45-48-46(34-26-24-32(25-27-34)38-18-8-16-31-12-6-7-17-37(31)38)50-47(49-45)41-21-10-22-42-43(41)40-20-9-19-39(44(40)51-42)36-28-23-30-11-4-5-15-35(30)29-36/h1-29,46H,(H,48,49,50). The normalized spacial score (nSPS) is 14.5. The summed E-state index contributed by atoms with van der Waals surface area (Å²) in [7, 11) is 0. The van der Waals surface area contributed by atoms with Gasteiger partial charge in [-0.2, -0.15) is 0 Å². The van der Waals surface area contributed by atoms with Crippen LogP contribution in [0.15, 0.2) is 190 Å². The average Bonchev–Trinajstić information content (AvgIpc) is 3.60. The van der Waals surface area contributed by atoms with Gasteiger partial charge in [0.05, 0.1) is 0 Å². The second kappa shape index (κ2) is 12.0. The van der Waals surface area contributed by atoms with Crippen LogP contribution in [0.1, 0.15) is 22.9 Å². The number of hydrogen-bond acceptors (Lipinski definition) is 4. The molecule has 240 valence electrons. The van der Waals surface area contributed by atoms with Crippen LogP contribution in [0.4, 0.5) is 0 Å². The van der Waals surface area contributed by atoms with Gasteiger partial charge in [-0.15, -0.1) is 0 Å². The number of nitrogens with one attached hydrogen (secondary N) is 1. The Morgan fingerprint density at radius 1 is 0.431 bits per heavy atom. The van der Waals surface area contributed by atoms with Crippen molar-refractivity contribution in [1.82, 2.24) is 5.32 Å². The van der Waals surface area contributed by atoms with Crippen molar-refractivity contribution < 1.29 is 4.42 Å². The quantitative estimate of drug-likeness (QED) is 0.201. The van der Waals surface area contributed by atoms with Crippen molar-refractivity contribution in [2.24, 2.45) is 9.98 Å². The fourth-order valence-electron chi connectivity index (χ4n) is 7.42. The number of rotatable bonds is 5. The highest BCUT2D eigenvalue weighted by atomic mass is 16.3. The SMILES string of the molecule is c1ccc(C2=NC(c3ccc(-c4cccc5ccccc45)cc3)N=C(c3cccc4oc5c(-c6ccc7ccccc7c6)cccc5c34)N2)cc1. The van der Waals surface area contributed by atoms with E-state index >= 15 is 0 Å². The lowest BCUT2D eigenvalue weighted by Gasteiger charge is -2.23. The zero-order valence-electron chi connectivity index (χ0n) is 27.6. The summed E-state index contributed by atoms with van der Waals surface area (Å²) >= 11 is 0. The summed E-state index contributed by atoms with van der Waals surface area (Å²) in [5.41, 5.74) is 9.25. The Bertz CT molecular complexity index is 2820. The first-order valence-electron chi connectivity index (χ1n) is 17.3. The molecular formula is C47H31N3O. The van der Waals surface area contributed by atoms with Gasteiger partial charge in [0.25, 0.3) is 0 Å². The first-order valence-corrected chi connectivity index (χ1v) is 17.3. The van der Waals surface area contributed by atoms with Gasteiger partial charge in [-0.05, 0) is 55.9 Å². The van der Waals surface area contributed by atoms with E-state index < -0.39 is 6.17 Å². The van der Waals surface area contributed by atoms with E-state index in [0.29, 0.717) is 0 Å². The van der Waals surface area contributed by atoms with E-state index in [1.165, 1.54) is 27.1 Å². The Labute approximate surface area is 295 Å². The maximum atomic E-state index is 6.68. The van der Waals surface area contributed by atoms with Gasteiger partial charge >= 0.3 is 0 Å². The van der Waals surface area contributed by atoms with Crippen LogP contribution >= 0.6 is 0 Å². The van der Waals surface area contributed by atoms with Crippen LogP contribution in [-0.4, -0.2) is 11.7 Å². The molecule has 51 heavy (non-hydrogen) atoms. The smallest absolute Gasteiger partial charge is 0.169 e. The molecule has 1 unspecified atom stereocenters. The van der Waals surface area contributed by atoms with Crippen LogP contribution in [0.25, 0.3) is 65.7 Å². The fourth-order valence-corrected chi connectivity index (χ4v) is 7.42. The molecule has 1 aromatic heterocycles. The Hall–Kier alpha value is -6.78. The summed E-state index contributed by atoms with van der Waals surface area (Å²) < 4.78 is 6.68. The molecule has 1 aliphatic rings. The average molecular weight is 654 g/mol. The molecule has 1 N–H and O–H groups in total. The highest BCUT2D eigenvalue weighted by Crippen LogP contribution is 2.39. The maximum Gasteiger partial charge on any atom is 0.169 e. The highest BCUT2D eigenvalue weighted by molar-refractivity contribution is 6.24. The minimum atomic E-state index is -0.431. The zero-order valence-corrected chi connectivity index (χ0v) is 27.6. The molecule has 1 atom stereocenters. The molecule has 0 spiro atoms. The molecule has 0 aliphatic carbocycles. The van der Waals surface area contributed by atoms with Crippen LogP contribution < -0.4 is 5.32 Å². The summed E-state index contributed by atoms with van der Waals surface area (Å²) in [5.74, 6) is 1.54. The van der Waals surface area contributed by atoms with E-state index in [1.807, 2.05) is 30.3 Å². The van der Waals surface area contributed by atoms with Gasteiger partial charge in [0.2, 0.25) is 0 Å². The number of nitrogens with zero attached hydrogens (tertiary/aromatic N) is 2. The van der Waals surface area contributed by atoms with Crippen LogP contribution in [0, 0.1) is 0 Å². The minimum absolute atomic E-state index is 0.431. The van der Waals surface area contributed by atoms with E-state index in [0.717, 1.165) is 67.0 Å². The maximum absolute atomic E-state index is 6.68.